The van der Waals surface area contributed by atoms with E-state index in [4.69, 9.17) is 23.9 Å². The van der Waals surface area contributed by atoms with Gasteiger partial charge in [-0.3, -0.25) is 0 Å². The Bertz CT molecular complexity index is 4480. The van der Waals surface area contributed by atoms with E-state index in [1.54, 1.807) is 0 Å². The third-order valence-electron chi connectivity index (χ3n) is 16.7. The van der Waals surface area contributed by atoms with Gasteiger partial charge < -0.3 is 38.5 Å². The number of anilines is 12. The van der Waals surface area contributed by atoms with Gasteiger partial charge in [-0.2, -0.15) is 5.26 Å². The Hall–Kier alpha value is -12.3. The standard InChI is InChI=1S/C78H48N6O4/c79-49-58-75(50-33-41-54(42-34-50)81-59-17-1-9-25-67(59)85-68-26-10-2-18-60(68)81)77(52-37-45-56(46-38-52)83-63-21-5-13-29-71(63)87-72-30-14-6-22-64(72)83)80-78(53-39-47-57(48-40-53)84-65-23-7-15-31-73(65)88-74-32-16-8-24-66(74)84)76(58)51-35-43-55(44-36-51)82-61-19-3-11-27-69(61)86-70-28-12-4-20-62(70)82/h1-48H. The van der Waals surface area contributed by atoms with Crippen LogP contribution < -0.4 is 38.5 Å². The van der Waals surface area contributed by atoms with Crippen LogP contribution in [0.25, 0.3) is 44.8 Å². The first-order valence-electron chi connectivity index (χ1n) is 29.1. The number of hydrogen-bond acceptors (Lipinski definition) is 10. The largest absolute Gasteiger partial charge is 0.453 e. The fraction of sp³-hybridized carbons (Fsp3) is 0. The van der Waals surface area contributed by atoms with Crippen molar-refractivity contribution in [3.8, 4) is 96.8 Å². The molecule has 0 N–H and O–H groups in total. The Kier molecular flexibility index (Phi) is 11.7. The minimum Gasteiger partial charge on any atom is -0.453 e. The van der Waals surface area contributed by atoms with Crippen LogP contribution in [0.2, 0.25) is 0 Å². The van der Waals surface area contributed by atoms with E-state index in [-0.39, 0.29) is 0 Å². The Labute approximate surface area is 508 Å². The Morgan fingerprint density at radius 3 is 0.636 bits per heavy atom. The maximum atomic E-state index is 12.2. The molecule has 0 saturated heterocycles. The van der Waals surface area contributed by atoms with Crippen molar-refractivity contribution in [1.82, 2.24) is 4.98 Å². The molecule has 0 bridgehead atoms. The SMILES string of the molecule is N#Cc1c(-c2ccc(N3c4ccccc4Oc4ccccc43)cc2)c(-c2ccc(N3c4ccccc4Oc4ccccc43)cc2)nc(-c2ccc(N3c4ccccc4Oc4ccccc43)cc2)c1-c1ccc(N2c3ccccc3Oc3ccccc32)cc1. The molecule has 5 heterocycles. The van der Waals surface area contributed by atoms with E-state index in [1.807, 2.05) is 146 Å². The van der Waals surface area contributed by atoms with Crippen molar-refractivity contribution in [3.05, 3.63) is 297 Å². The zero-order valence-electron chi connectivity index (χ0n) is 47.0. The number of benzene rings is 12. The predicted octanol–water partition coefficient (Wildman–Crippen LogP) is 21.9. The van der Waals surface area contributed by atoms with Gasteiger partial charge in [0, 0.05) is 45.0 Å². The van der Waals surface area contributed by atoms with Gasteiger partial charge in [-0.05, 0) is 157 Å². The average Bonchev–Trinajstić information content (AvgIpc) is 1.16. The summed E-state index contributed by atoms with van der Waals surface area (Å²) in [6, 6.07) is 101. The summed E-state index contributed by atoms with van der Waals surface area (Å²) in [5, 5.41) is 12.2. The average molecular weight is 1130 g/mol. The third-order valence-corrected chi connectivity index (χ3v) is 16.7. The molecule has 12 aromatic carbocycles. The van der Waals surface area contributed by atoms with Gasteiger partial charge in [-0.15, -0.1) is 0 Å². The fourth-order valence-corrected chi connectivity index (χ4v) is 12.7. The lowest BCUT2D eigenvalue weighted by molar-refractivity contribution is 0.477. The van der Waals surface area contributed by atoms with Crippen LogP contribution in [0.4, 0.5) is 68.2 Å². The van der Waals surface area contributed by atoms with Gasteiger partial charge in [-0.1, -0.05) is 146 Å². The number of pyridine rings is 1. The monoisotopic (exact) mass is 1130 g/mol. The Balaban J connectivity index is 0.872. The maximum Gasteiger partial charge on any atom is 0.151 e. The molecule has 0 spiro atoms. The first-order valence-corrected chi connectivity index (χ1v) is 29.1. The quantitative estimate of drug-likeness (QED) is 0.147. The Morgan fingerprint density at radius 2 is 0.432 bits per heavy atom. The highest BCUT2D eigenvalue weighted by atomic mass is 16.5. The Morgan fingerprint density at radius 1 is 0.239 bits per heavy atom. The molecule has 0 saturated carbocycles. The number of rotatable bonds is 8. The summed E-state index contributed by atoms with van der Waals surface area (Å²) in [6.07, 6.45) is 0. The van der Waals surface area contributed by atoms with E-state index in [9.17, 15) is 5.26 Å². The van der Waals surface area contributed by atoms with Crippen LogP contribution in [-0.4, -0.2) is 4.98 Å². The number of hydrogen-bond donors (Lipinski definition) is 0. The van der Waals surface area contributed by atoms with Gasteiger partial charge >= 0.3 is 0 Å². The van der Waals surface area contributed by atoms with Crippen molar-refractivity contribution in [3.63, 3.8) is 0 Å². The fourth-order valence-electron chi connectivity index (χ4n) is 12.7. The lowest BCUT2D eigenvalue weighted by atomic mass is 9.86. The summed E-state index contributed by atoms with van der Waals surface area (Å²) >= 11 is 0. The first-order chi connectivity index (χ1) is 43.6. The molecule has 88 heavy (non-hydrogen) atoms. The molecule has 4 aliphatic rings. The number of nitrogens with zero attached hydrogens (tertiary/aromatic N) is 6. The van der Waals surface area contributed by atoms with Gasteiger partial charge in [0.1, 0.15) is 6.07 Å². The zero-order valence-corrected chi connectivity index (χ0v) is 47.0. The van der Waals surface area contributed by atoms with Crippen LogP contribution in [0, 0.1) is 11.3 Å². The molecule has 0 aliphatic carbocycles. The molecule has 0 atom stereocenters. The molecule has 414 valence electrons. The smallest absolute Gasteiger partial charge is 0.151 e. The van der Waals surface area contributed by atoms with E-state index in [2.05, 4.69) is 171 Å². The molecule has 17 rings (SSSR count). The number of para-hydroxylation sites is 16. The molecule has 4 aliphatic heterocycles. The van der Waals surface area contributed by atoms with Crippen LogP contribution in [0.3, 0.4) is 0 Å². The van der Waals surface area contributed by atoms with E-state index in [0.717, 1.165) is 136 Å². The topological polar surface area (TPSA) is 86.6 Å². The minimum atomic E-state index is 0.477. The van der Waals surface area contributed by atoms with Crippen LogP contribution in [0.5, 0.6) is 46.0 Å². The number of aromatic nitrogens is 1. The lowest BCUT2D eigenvalue weighted by Crippen LogP contribution is -2.15. The molecule has 0 radical (unpaired) electrons. The summed E-state index contributed by atoms with van der Waals surface area (Å²) in [7, 11) is 0. The van der Waals surface area contributed by atoms with Crippen molar-refractivity contribution in [1.29, 1.82) is 5.26 Å². The summed E-state index contributed by atoms with van der Waals surface area (Å²) in [6.45, 7) is 0. The first kappa shape index (κ1) is 50.2. The summed E-state index contributed by atoms with van der Waals surface area (Å²) in [5.74, 6) is 6.10. The highest BCUT2D eigenvalue weighted by molar-refractivity contribution is 5.99. The molecule has 0 unspecified atom stereocenters. The van der Waals surface area contributed by atoms with Gasteiger partial charge in [-0.25, -0.2) is 4.98 Å². The molecule has 0 amide bonds. The van der Waals surface area contributed by atoms with Crippen LogP contribution >= 0.6 is 0 Å². The van der Waals surface area contributed by atoms with E-state index in [1.165, 1.54) is 0 Å². The maximum absolute atomic E-state index is 12.2. The molecule has 0 fully saturated rings. The van der Waals surface area contributed by atoms with Crippen molar-refractivity contribution in [2.45, 2.75) is 0 Å². The van der Waals surface area contributed by atoms with Gasteiger partial charge in [0.05, 0.1) is 62.5 Å². The second-order valence-corrected chi connectivity index (χ2v) is 21.7. The third kappa shape index (κ3) is 8.21. The van der Waals surface area contributed by atoms with Crippen molar-refractivity contribution in [2.75, 3.05) is 19.6 Å². The molecular weight excluding hydrogens is 1080 g/mol. The van der Waals surface area contributed by atoms with E-state index in [0.29, 0.717) is 28.1 Å². The normalized spacial score (nSPS) is 12.8. The van der Waals surface area contributed by atoms with Crippen molar-refractivity contribution < 1.29 is 18.9 Å². The number of fused-ring (bicyclic) bond motifs is 8. The molecular formula is C78H48N6O4. The van der Waals surface area contributed by atoms with Crippen LogP contribution in [0.1, 0.15) is 5.56 Å². The van der Waals surface area contributed by atoms with E-state index >= 15 is 0 Å². The molecule has 10 heteroatoms. The minimum absolute atomic E-state index is 0.477. The van der Waals surface area contributed by atoms with Crippen molar-refractivity contribution in [2.24, 2.45) is 0 Å². The van der Waals surface area contributed by atoms with E-state index < -0.39 is 0 Å². The van der Waals surface area contributed by atoms with Crippen LogP contribution in [-0.2, 0) is 0 Å². The molecule has 10 nitrogen and oxygen atoms in total. The van der Waals surface area contributed by atoms with Gasteiger partial charge in [0.2, 0.25) is 0 Å². The highest BCUT2D eigenvalue weighted by Gasteiger charge is 2.32. The number of nitriles is 1. The number of ether oxygens (including phenoxy) is 4. The predicted molar refractivity (Wildman–Crippen MR) is 350 cm³/mol. The zero-order chi connectivity index (χ0) is 58.2. The van der Waals surface area contributed by atoms with Gasteiger partial charge in [0.15, 0.2) is 46.0 Å². The van der Waals surface area contributed by atoms with Crippen molar-refractivity contribution >= 4 is 68.2 Å². The van der Waals surface area contributed by atoms with Gasteiger partial charge in [0.25, 0.3) is 0 Å². The summed E-state index contributed by atoms with van der Waals surface area (Å²) in [4.78, 5) is 14.8. The second-order valence-electron chi connectivity index (χ2n) is 21.7. The molecule has 13 aromatic rings. The van der Waals surface area contributed by atoms with Crippen LogP contribution in [0.15, 0.2) is 291 Å². The molecule has 1 aromatic heterocycles. The summed E-state index contributed by atoms with van der Waals surface area (Å²) < 4.78 is 25.7. The summed E-state index contributed by atoms with van der Waals surface area (Å²) in [5.41, 5.74) is 17.6. The lowest BCUT2D eigenvalue weighted by Gasteiger charge is -2.33. The second kappa shape index (κ2) is 20.5. The highest BCUT2D eigenvalue weighted by Crippen LogP contribution is 2.56.